The Kier molecular flexibility index (Phi) is 5.70. The maximum atomic E-state index is 13.0. The van der Waals surface area contributed by atoms with Crippen molar-refractivity contribution in [1.29, 1.82) is 5.26 Å². The fraction of sp³-hybridized carbons (Fsp3) is 0.273. The molecular weight excluding hydrogens is 406 g/mol. The zero-order valence-electron chi connectivity index (χ0n) is 16.0. The zero-order chi connectivity index (χ0) is 20.4. The van der Waals surface area contributed by atoms with E-state index in [4.69, 9.17) is 16.3 Å². The van der Waals surface area contributed by atoms with Crippen molar-refractivity contribution >= 4 is 35.0 Å². The first-order chi connectivity index (χ1) is 14.1. The van der Waals surface area contributed by atoms with E-state index in [1.807, 2.05) is 55.5 Å². The first-order valence-corrected chi connectivity index (χ1v) is 10.8. The number of hydrogen-bond acceptors (Lipinski definition) is 5. The molecular formula is C22H20ClN3O2S. The third kappa shape index (κ3) is 3.93. The minimum Gasteiger partial charge on any atom is -0.494 e. The summed E-state index contributed by atoms with van der Waals surface area (Å²) in [6, 6.07) is 17.6. The summed E-state index contributed by atoms with van der Waals surface area (Å²) in [7, 11) is 0. The highest BCUT2D eigenvalue weighted by molar-refractivity contribution is 8.03. The predicted molar refractivity (Wildman–Crippen MR) is 116 cm³/mol. The van der Waals surface area contributed by atoms with Gasteiger partial charge < -0.3 is 9.64 Å². The monoisotopic (exact) mass is 425 g/mol. The number of halogens is 1. The van der Waals surface area contributed by atoms with E-state index in [0.29, 0.717) is 29.7 Å². The molecule has 0 N–H and O–H groups in total. The van der Waals surface area contributed by atoms with Crippen LogP contribution >= 0.6 is 23.4 Å². The summed E-state index contributed by atoms with van der Waals surface area (Å²) in [5, 5.41) is 11.3. The fourth-order valence-electron chi connectivity index (χ4n) is 3.63. The molecule has 4 rings (SSSR count). The normalized spacial score (nSPS) is 19.1. The van der Waals surface area contributed by atoms with Gasteiger partial charge in [0.05, 0.1) is 35.8 Å². The number of carbonyl (C=O) groups is 1. The molecule has 0 radical (unpaired) electrons. The van der Waals surface area contributed by atoms with Crippen LogP contribution in [0.4, 0.5) is 5.69 Å². The van der Waals surface area contributed by atoms with E-state index in [-0.39, 0.29) is 18.2 Å². The van der Waals surface area contributed by atoms with Gasteiger partial charge in [-0.15, -0.1) is 0 Å². The number of nitriles is 1. The lowest BCUT2D eigenvalue weighted by atomic mass is 9.86. The van der Waals surface area contributed by atoms with E-state index in [2.05, 4.69) is 11.0 Å². The minimum atomic E-state index is -0.219. The second-order valence-corrected chi connectivity index (χ2v) is 8.21. The molecule has 0 aliphatic carbocycles. The Balaban J connectivity index is 1.61. The number of nitrogens with zero attached hydrogens (tertiary/aromatic N) is 3. The van der Waals surface area contributed by atoms with E-state index < -0.39 is 0 Å². The molecule has 7 heteroatoms. The summed E-state index contributed by atoms with van der Waals surface area (Å²) >= 11 is 7.52. The Morgan fingerprint density at radius 1 is 1.21 bits per heavy atom. The molecule has 1 saturated heterocycles. The Morgan fingerprint density at radius 2 is 1.93 bits per heavy atom. The van der Waals surface area contributed by atoms with Crippen molar-refractivity contribution in [2.75, 3.05) is 24.1 Å². The van der Waals surface area contributed by atoms with Crippen LogP contribution in [-0.2, 0) is 4.79 Å². The summed E-state index contributed by atoms with van der Waals surface area (Å²) in [6.07, 6.45) is 0.287. The number of allylic oxidation sites excluding steroid dienone is 1. The quantitative estimate of drug-likeness (QED) is 0.693. The molecule has 0 unspecified atom stereocenters. The van der Waals surface area contributed by atoms with Gasteiger partial charge in [0.2, 0.25) is 5.91 Å². The lowest BCUT2D eigenvalue weighted by Crippen LogP contribution is -2.47. The molecule has 1 fully saturated rings. The highest BCUT2D eigenvalue weighted by Gasteiger charge is 2.38. The van der Waals surface area contributed by atoms with Crippen LogP contribution in [0.3, 0.4) is 0 Å². The second-order valence-electron chi connectivity index (χ2n) is 6.84. The minimum absolute atomic E-state index is 0.0315. The molecule has 1 atom stereocenters. The lowest BCUT2D eigenvalue weighted by Gasteiger charge is -2.42. The number of amides is 1. The SMILES string of the molecule is CCOc1ccc([C@H]2CC(=O)N3CN(c4ccc(Cl)cc4)CSC3=C2C#N)cc1. The molecule has 0 bridgehead atoms. The van der Waals surface area contributed by atoms with Crippen LogP contribution in [0.25, 0.3) is 0 Å². The number of benzene rings is 2. The number of ether oxygens (including phenoxy) is 1. The van der Waals surface area contributed by atoms with E-state index in [1.165, 1.54) is 11.8 Å². The van der Waals surface area contributed by atoms with Gasteiger partial charge in [0.1, 0.15) is 5.75 Å². The fourth-order valence-corrected chi connectivity index (χ4v) is 4.92. The number of thioether (sulfide) groups is 1. The van der Waals surface area contributed by atoms with E-state index >= 15 is 0 Å². The van der Waals surface area contributed by atoms with Crippen LogP contribution in [0.15, 0.2) is 59.1 Å². The molecule has 1 amide bonds. The Bertz CT molecular complexity index is 983. The van der Waals surface area contributed by atoms with E-state index in [1.54, 1.807) is 4.90 Å². The number of anilines is 1. The van der Waals surface area contributed by atoms with E-state index in [0.717, 1.165) is 22.0 Å². The van der Waals surface area contributed by atoms with Crippen molar-refractivity contribution in [2.24, 2.45) is 0 Å². The Morgan fingerprint density at radius 3 is 2.59 bits per heavy atom. The van der Waals surface area contributed by atoms with Gasteiger partial charge >= 0.3 is 0 Å². The summed E-state index contributed by atoms with van der Waals surface area (Å²) in [5.41, 5.74) is 2.63. The van der Waals surface area contributed by atoms with Gasteiger partial charge in [-0.3, -0.25) is 9.69 Å². The maximum Gasteiger partial charge on any atom is 0.229 e. The van der Waals surface area contributed by atoms with Crippen molar-refractivity contribution in [3.8, 4) is 11.8 Å². The van der Waals surface area contributed by atoms with Crippen LogP contribution in [0, 0.1) is 11.3 Å². The van der Waals surface area contributed by atoms with Crippen molar-refractivity contribution in [3.63, 3.8) is 0 Å². The second kappa shape index (κ2) is 8.40. The van der Waals surface area contributed by atoms with Crippen LogP contribution in [-0.4, -0.2) is 30.0 Å². The zero-order valence-corrected chi connectivity index (χ0v) is 17.5. The summed E-state index contributed by atoms with van der Waals surface area (Å²) in [6.45, 7) is 2.97. The van der Waals surface area contributed by atoms with Gasteiger partial charge in [-0.2, -0.15) is 5.26 Å². The summed E-state index contributed by atoms with van der Waals surface area (Å²) in [5.74, 6) is 1.27. The molecule has 29 heavy (non-hydrogen) atoms. The van der Waals surface area contributed by atoms with Crippen LogP contribution in [0.5, 0.6) is 5.75 Å². The van der Waals surface area contributed by atoms with E-state index in [9.17, 15) is 10.1 Å². The summed E-state index contributed by atoms with van der Waals surface area (Å²) in [4.78, 5) is 16.8. The van der Waals surface area contributed by atoms with Gasteiger partial charge in [0.25, 0.3) is 0 Å². The van der Waals surface area contributed by atoms with Crippen molar-refractivity contribution in [1.82, 2.24) is 4.90 Å². The van der Waals surface area contributed by atoms with Gasteiger partial charge in [-0.25, -0.2) is 0 Å². The number of rotatable bonds is 4. The van der Waals surface area contributed by atoms with Crippen molar-refractivity contribution in [2.45, 2.75) is 19.3 Å². The molecule has 5 nitrogen and oxygen atoms in total. The molecule has 148 valence electrons. The van der Waals surface area contributed by atoms with Crippen LogP contribution in [0.1, 0.15) is 24.8 Å². The number of fused-ring (bicyclic) bond motifs is 1. The molecule has 2 aromatic carbocycles. The highest BCUT2D eigenvalue weighted by Crippen LogP contribution is 2.43. The average Bonchev–Trinajstić information content (AvgIpc) is 2.75. The summed E-state index contributed by atoms with van der Waals surface area (Å²) < 4.78 is 5.50. The van der Waals surface area contributed by atoms with Crippen molar-refractivity contribution in [3.05, 3.63) is 69.7 Å². The number of carbonyl (C=O) groups excluding carboxylic acids is 1. The molecule has 2 heterocycles. The molecule has 0 aromatic heterocycles. The Labute approximate surface area is 179 Å². The third-order valence-corrected chi connectivity index (χ3v) is 6.49. The van der Waals surface area contributed by atoms with Crippen molar-refractivity contribution < 1.29 is 9.53 Å². The molecule has 2 aliphatic heterocycles. The standard InChI is InChI=1S/C22H20ClN3O2S/c1-2-28-18-9-3-15(4-10-18)19-11-21(27)26-13-25(14-29-22(26)20(19)12-24)17-7-5-16(23)6-8-17/h3-10,19H,2,11,13-14H2,1H3/t19-/m1/s1. The van der Waals surface area contributed by atoms with Gasteiger partial charge in [0.15, 0.2) is 0 Å². The highest BCUT2D eigenvalue weighted by atomic mass is 35.5. The van der Waals surface area contributed by atoms with Gasteiger partial charge in [0, 0.05) is 23.0 Å². The average molecular weight is 426 g/mol. The van der Waals surface area contributed by atoms with Crippen LogP contribution in [0.2, 0.25) is 5.02 Å². The molecule has 0 spiro atoms. The van der Waals surface area contributed by atoms with Gasteiger partial charge in [-0.1, -0.05) is 35.5 Å². The number of hydrogen-bond donors (Lipinski definition) is 0. The molecule has 2 aromatic rings. The topological polar surface area (TPSA) is 56.6 Å². The lowest BCUT2D eigenvalue weighted by molar-refractivity contribution is -0.129. The predicted octanol–water partition coefficient (Wildman–Crippen LogP) is 4.96. The first-order valence-electron chi connectivity index (χ1n) is 9.41. The smallest absolute Gasteiger partial charge is 0.229 e. The van der Waals surface area contributed by atoms with Crippen LogP contribution < -0.4 is 9.64 Å². The van der Waals surface area contributed by atoms with Gasteiger partial charge in [-0.05, 0) is 48.9 Å². The maximum absolute atomic E-state index is 13.0. The third-order valence-electron chi connectivity index (χ3n) is 5.08. The molecule has 0 saturated carbocycles. The Hall–Kier alpha value is -2.62. The first kappa shape index (κ1) is 19.7. The largest absolute Gasteiger partial charge is 0.494 e. The molecule has 2 aliphatic rings.